The fraction of sp³-hybridized carbons (Fsp3) is 0.200. The Morgan fingerprint density at radius 1 is 1.62 bits per heavy atom. The van der Waals surface area contributed by atoms with Gasteiger partial charge in [-0.05, 0) is 6.07 Å². The molecule has 0 aromatic heterocycles. The molecule has 1 rings (SSSR count). The zero-order valence-electron chi connectivity index (χ0n) is 8.11. The monoisotopic (exact) mass is 245 g/mol. The highest BCUT2D eigenvalue weighted by Crippen LogP contribution is 2.25. The van der Waals surface area contributed by atoms with Crippen molar-refractivity contribution < 1.29 is 19.1 Å². The molecule has 4 nitrogen and oxygen atoms in total. The molecule has 0 saturated carbocycles. The zero-order valence-corrected chi connectivity index (χ0v) is 8.87. The van der Waals surface area contributed by atoms with E-state index >= 15 is 0 Å². The van der Waals surface area contributed by atoms with Crippen molar-refractivity contribution in [1.29, 1.82) is 0 Å². The predicted molar refractivity (Wildman–Crippen MR) is 55.6 cm³/mol. The molecule has 1 atom stereocenters. The van der Waals surface area contributed by atoms with E-state index in [1.165, 1.54) is 18.2 Å². The first kappa shape index (κ1) is 12.4. The minimum absolute atomic E-state index is 0.0574. The molecule has 0 saturated heterocycles. The van der Waals surface area contributed by atoms with Crippen LogP contribution in [-0.2, 0) is 9.59 Å². The van der Waals surface area contributed by atoms with E-state index in [1.807, 2.05) is 0 Å². The van der Waals surface area contributed by atoms with Gasteiger partial charge in [0.1, 0.15) is 5.82 Å². The van der Waals surface area contributed by atoms with Gasteiger partial charge in [0.05, 0.1) is 17.5 Å². The molecule has 1 aromatic carbocycles. The van der Waals surface area contributed by atoms with Gasteiger partial charge in [0.25, 0.3) is 0 Å². The van der Waals surface area contributed by atoms with Gasteiger partial charge in [-0.1, -0.05) is 23.7 Å². The maximum atomic E-state index is 13.5. The molecule has 86 valence electrons. The van der Waals surface area contributed by atoms with Crippen LogP contribution in [0.3, 0.4) is 0 Å². The highest BCUT2D eigenvalue weighted by molar-refractivity contribution is 6.30. The minimum Gasteiger partial charge on any atom is -0.481 e. The van der Waals surface area contributed by atoms with Gasteiger partial charge < -0.3 is 10.4 Å². The van der Waals surface area contributed by atoms with Crippen LogP contribution < -0.4 is 5.32 Å². The highest BCUT2D eigenvalue weighted by atomic mass is 35.5. The van der Waals surface area contributed by atoms with Crippen LogP contribution >= 0.6 is 11.6 Å². The summed E-state index contributed by atoms with van der Waals surface area (Å²) in [6, 6.07) is 3.29. The van der Waals surface area contributed by atoms with E-state index in [2.05, 4.69) is 5.32 Å². The van der Waals surface area contributed by atoms with Gasteiger partial charge in [-0.2, -0.15) is 0 Å². The lowest BCUT2D eigenvalue weighted by molar-refractivity contribution is -0.137. The van der Waals surface area contributed by atoms with Crippen molar-refractivity contribution in [2.24, 2.45) is 0 Å². The first-order valence-corrected chi connectivity index (χ1v) is 4.79. The Morgan fingerprint density at radius 3 is 2.88 bits per heavy atom. The molecule has 1 aromatic rings. The van der Waals surface area contributed by atoms with Gasteiger partial charge in [-0.15, -0.1) is 0 Å². The molecule has 0 bridgehead atoms. The van der Waals surface area contributed by atoms with Crippen molar-refractivity contribution in [3.05, 3.63) is 34.6 Å². The largest absolute Gasteiger partial charge is 0.481 e. The number of carboxylic acids is 1. The molecule has 0 spiro atoms. The first-order valence-electron chi connectivity index (χ1n) is 4.41. The number of halogens is 2. The standard InChI is InChI=1S/C10H9ClFNO3/c11-7-3-1-2-6(10(7)12)8(13-5-14)4-9(15)16/h1-3,5,8H,4H2,(H,13,14)(H,15,16)/t8-/m0/s1. The van der Waals surface area contributed by atoms with Crippen LogP contribution in [0.25, 0.3) is 0 Å². The van der Waals surface area contributed by atoms with Crippen molar-refractivity contribution in [2.75, 3.05) is 0 Å². The fourth-order valence-electron chi connectivity index (χ4n) is 1.31. The van der Waals surface area contributed by atoms with Crippen LogP contribution in [-0.4, -0.2) is 17.5 Å². The molecule has 0 aliphatic carbocycles. The Hall–Kier alpha value is -1.62. The molecule has 0 aliphatic rings. The van der Waals surface area contributed by atoms with Gasteiger partial charge in [0.15, 0.2) is 0 Å². The predicted octanol–water partition coefficient (Wildman–Crippen LogP) is 1.74. The van der Waals surface area contributed by atoms with Gasteiger partial charge in [0.2, 0.25) is 6.41 Å². The second kappa shape index (κ2) is 5.46. The smallest absolute Gasteiger partial charge is 0.305 e. The topological polar surface area (TPSA) is 66.4 Å². The van der Waals surface area contributed by atoms with Crippen LogP contribution in [0.1, 0.15) is 18.0 Å². The molecule has 0 aliphatic heterocycles. The van der Waals surface area contributed by atoms with Crippen molar-refractivity contribution >= 4 is 24.0 Å². The van der Waals surface area contributed by atoms with E-state index in [1.54, 1.807) is 0 Å². The van der Waals surface area contributed by atoms with Crippen molar-refractivity contribution in [1.82, 2.24) is 5.32 Å². The molecule has 0 fully saturated rings. The number of carbonyl (C=O) groups excluding carboxylic acids is 1. The first-order chi connectivity index (χ1) is 7.56. The normalized spacial score (nSPS) is 11.9. The average Bonchev–Trinajstić information content (AvgIpc) is 2.21. The number of aliphatic carboxylic acids is 1. The summed E-state index contributed by atoms with van der Waals surface area (Å²) < 4.78 is 13.5. The number of hydrogen-bond acceptors (Lipinski definition) is 2. The van der Waals surface area contributed by atoms with Crippen molar-refractivity contribution in [2.45, 2.75) is 12.5 Å². The van der Waals surface area contributed by atoms with Gasteiger partial charge in [-0.25, -0.2) is 4.39 Å². The Morgan fingerprint density at radius 2 is 2.31 bits per heavy atom. The van der Waals surface area contributed by atoms with Crippen molar-refractivity contribution in [3.63, 3.8) is 0 Å². The van der Waals surface area contributed by atoms with E-state index in [0.29, 0.717) is 6.41 Å². The zero-order chi connectivity index (χ0) is 12.1. The third kappa shape index (κ3) is 2.93. The fourth-order valence-corrected chi connectivity index (χ4v) is 1.49. The van der Waals surface area contributed by atoms with E-state index in [-0.39, 0.29) is 10.6 Å². The lowest BCUT2D eigenvalue weighted by Crippen LogP contribution is -2.23. The second-order valence-corrected chi connectivity index (χ2v) is 3.49. The average molecular weight is 246 g/mol. The van der Waals surface area contributed by atoms with Gasteiger partial charge >= 0.3 is 5.97 Å². The van der Waals surface area contributed by atoms with Crippen molar-refractivity contribution in [3.8, 4) is 0 Å². The number of carbonyl (C=O) groups is 2. The van der Waals surface area contributed by atoms with E-state index in [0.717, 1.165) is 0 Å². The Balaban J connectivity index is 3.04. The molecular formula is C10H9ClFNO3. The van der Waals surface area contributed by atoms with Crippen LogP contribution in [0.15, 0.2) is 18.2 Å². The maximum absolute atomic E-state index is 13.5. The van der Waals surface area contributed by atoms with Crippen LogP contribution in [0.2, 0.25) is 5.02 Å². The molecular weight excluding hydrogens is 237 g/mol. The molecule has 2 N–H and O–H groups in total. The number of carboxylic acid groups (broad SMARTS) is 1. The summed E-state index contributed by atoms with van der Waals surface area (Å²) in [5.74, 6) is -1.86. The quantitative estimate of drug-likeness (QED) is 0.777. The Kier molecular flexibility index (Phi) is 4.25. The Bertz CT molecular complexity index is 411. The number of rotatable bonds is 5. The molecule has 0 unspecified atom stereocenters. The number of nitrogens with one attached hydrogen (secondary N) is 1. The van der Waals surface area contributed by atoms with E-state index in [4.69, 9.17) is 16.7 Å². The highest BCUT2D eigenvalue weighted by Gasteiger charge is 2.19. The van der Waals surface area contributed by atoms with Crippen LogP contribution in [0.4, 0.5) is 4.39 Å². The van der Waals surface area contributed by atoms with E-state index < -0.39 is 24.2 Å². The molecule has 16 heavy (non-hydrogen) atoms. The second-order valence-electron chi connectivity index (χ2n) is 3.08. The lowest BCUT2D eigenvalue weighted by Gasteiger charge is -2.15. The lowest BCUT2D eigenvalue weighted by atomic mass is 10.0. The van der Waals surface area contributed by atoms with Crippen LogP contribution in [0.5, 0.6) is 0 Å². The summed E-state index contributed by atoms with van der Waals surface area (Å²) in [6.07, 6.45) is -0.0794. The molecule has 1 amide bonds. The van der Waals surface area contributed by atoms with Gasteiger partial charge in [0, 0.05) is 5.56 Å². The molecule has 0 heterocycles. The maximum Gasteiger partial charge on any atom is 0.305 e. The summed E-state index contributed by atoms with van der Waals surface area (Å²) in [6.45, 7) is 0. The number of benzene rings is 1. The number of amides is 1. The third-order valence-corrected chi connectivity index (χ3v) is 2.30. The Labute approximate surface area is 96.0 Å². The minimum atomic E-state index is -1.14. The summed E-state index contributed by atoms with van der Waals surface area (Å²) >= 11 is 5.56. The SMILES string of the molecule is O=CN[C@@H](CC(=O)O)c1cccc(Cl)c1F. The number of hydrogen-bond donors (Lipinski definition) is 2. The molecule has 6 heteroatoms. The third-order valence-electron chi connectivity index (χ3n) is 2.00. The summed E-state index contributed by atoms with van der Waals surface area (Å²) in [4.78, 5) is 20.8. The van der Waals surface area contributed by atoms with Gasteiger partial charge in [-0.3, -0.25) is 9.59 Å². The summed E-state index contributed by atoms with van der Waals surface area (Å²) in [5.41, 5.74) is 0.0574. The summed E-state index contributed by atoms with van der Waals surface area (Å²) in [7, 11) is 0. The van der Waals surface area contributed by atoms with E-state index in [9.17, 15) is 14.0 Å². The molecule has 0 radical (unpaired) electrons. The summed E-state index contributed by atoms with van der Waals surface area (Å²) in [5, 5.41) is 10.7. The van der Waals surface area contributed by atoms with Crippen LogP contribution in [0, 0.1) is 5.82 Å².